The van der Waals surface area contributed by atoms with E-state index in [9.17, 15) is 13.6 Å². The highest BCUT2D eigenvalue weighted by Crippen LogP contribution is 2.39. The standard InChI is InChI=1S/C28H26ClF2N5O/c29-22-12-21-24(13-25(22)34-20-4-6-28(14-20)5-1-7-33-28)35-26(36-27(21)37)8-16-2-3-23(32-15-16)17-9-18(30)11-19(31)10-17/h2-3,9-13,15,20,33-34H,1,4-8,14H2,(H,35,36,37). The average molecular weight is 522 g/mol. The monoisotopic (exact) mass is 521 g/mol. The minimum Gasteiger partial charge on any atom is -0.381 e. The fourth-order valence-electron chi connectivity index (χ4n) is 5.72. The van der Waals surface area contributed by atoms with E-state index < -0.39 is 11.6 Å². The Balaban J connectivity index is 1.23. The average Bonchev–Trinajstić information content (AvgIpc) is 3.49. The molecule has 1 aliphatic heterocycles. The Morgan fingerprint density at radius 1 is 1.11 bits per heavy atom. The maximum Gasteiger partial charge on any atom is 0.258 e. The zero-order valence-corrected chi connectivity index (χ0v) is 20.8. The van der Waals surface area contributed by atoms with Crippen LogP contribution in [0.25, 0.3) is 22.2 Å². The van der Waals surface area contributed by atoms with E-state index in [0.29, 0.717) is 45.5 Å². The summed E-state index contributed by atoms with van der Waals surface area (Å²) in [6.45, 7) is 1.08. The van der Waals surface area contributed by atoms with Gasteiger partial charge in [-0.2, -0.15) is 0 Å². The van der Waals surface area contributed by atoms with Crippen molar-refractivity contribution >= 4 is 28.2 Å². The van der Waals surface area contributed by atoms with Crippen LogP contribution in [0, 0.1) is 11.6 Å². The van der Waals surface area contributed by atoms with Crippen LogP contribution >= 0.6 is 11.6 Å². The summed E-state index contributed by atoms with van der Waals surface area (Å²) in [5.74, 6) is -0.821. The summed E-state index contributed by atoms with van der Waals surface area (Å²) in [4.78, 5) is 24.7. The molecule has 1 saturated heterocycles. The van der Waals surface area contributed by atoms with Gasteiger partial charge in [0.2, 0.25) is 0 Å². The Morgan fingerprint density at radius 2 is 1.95 bits per heavy atom. The van der Waals surface area contributed by atoms with E-state index >= 15 is 0 Å². The predicted octanol–water partition coefficient (Wildman–Crippen LogP) is 5.59. The Labute approximate surface area is 217 Å². The van der Waals surface area contributed by atoms with Crippen LogP contribution in [0.15, 0.2) is 53.5 Å². The second-order valence-electron chi connectivity index (χ2n) is 10.1. The molecule has 2 fully saturated rings. The van der Waals surface area contributed by atoms with Crippen LogP contribution in [0.1, 0.15) is 43.5 Å². The first-order valence-corrected chi connectivity index (χ1v) is 12.9. The van der Waals surface area contributed by atoms with Crippen LogP contribution < -0.4 is 16.2 Å². The molecule has 2 unspecified atom stereocenters. The number of pyridine rings is 1. The lowest BCUT2D eigenvalue weighted by atomic mass is 9.95. The summed E-state index contributed by atoms with van der Waals surface area (Å²) < 4.78 is 27.1. The van der Waals surface area contributed by atoms with Gasteiger partial charge in [0.1, 0.15) is 17.5 Å². The number of fused-ring (bicyclic) bond motifs is 1. The number of halogens is 3. The molecule has 2 aromatic carbocycles. The minimum atomic E-state index is -0.657. The molecule has 37 heavy (non-hydrogen) atoms. The Hall–Kier alpha value is -3.36. The number of hydrogen-bond acceptors (Lipinski definition) is 5. The third kappa shape index (κ3) is 4.95. The molecule has 190 valence electrons. The van der Waals surface area contributed by atoms with E-state index in [1.54, 1.807) is 24.4 Å². The van der Waals surface area contributed by atoms with Crippen molar-refractivity contribution in [3.05, 3.63) is 87.1 Å². The van der Waals surface area contributed by atoms with Crippen molar-refractivity contribution in [2.75, 3.05) is 11.9 Å². The lowest BCUT2D eigenvalue weighted by Crippen LogP contribution is -2.37. The van der Waals surface area contributed by atoms with Gasteiger partial charge in [-0.1, -0.05) is 17.7 Å². The van der Waals surface area contributed by atoms with Crippen LogP contribution in [0.3, 0.4) is 0 Å². The lowest BCUT2D eigenvalue weighted by Gasteiger charge is -2.24. The van der Waals surface area contributed by atoms with E-state index in [0.717, 1.165) is 43.1 Å². The molecule has 4 aromatic rings. The van der Waals surface area contributed by atoms with Crippen molar-refractivity contribution in [2.45, 2.75) is 50.1 Å². The molecule has 2 atom stereocenters. The molecule has 9 heteroatoms. The van der Waals surface area contributed by atoms with Crippen molar-refractivity contribution < 1.29 is 8.78 Å². The van der Waals surface area contributed by atoms with Crippen LogP contribution in [0.4, 0.5) is 14.5 Å². The number of rotatable bonds is 5. The Morgan fingerprint density at radius 3 is 2.68 bits per heavy atom. The smallest absolute Gasteiger partial charge is 0.258 e. The molecular formula is C28H26ClF2N5O. The number of nitrogens with one attached hydrogen (secondary N) is 3. The van der Waals surface area contributed by atoms with Gasteiger partial charge in [0, 0.05) is 35.8 Å². The summed E-state index contributed by atoms with van der Waals surface area (Å²) >= 11 is 6.55. The maximum absolute atomic E-state index is 13.6. The topological polar surface area (TPSA) is 82.7 Å². The largest absolute Gasteiger partial charge is 0.381 e. The number of anilines is 1. The van der Waals surface area contributed by atoms with Gasteiger partial charge in [-0.3, -0.25) is 9.78 Å². The first-order chi connectivity index (χ1) is 17.9. The van der Waals surface area contributed by atoms with Gasteiger partial charge in [-0.15, -0.1) is 0 Å². The summed E-state index contributed by atoms with van der Waals surface area (Å²) in [5.41, 5.74) is 2.95. The van der Waals surface area contributed by atoms with Crippen LogP contribution in [0.5, 0.6) is 0 Å². The minimum absolute atomic E-state index is 0.246. The van der Waals surface area contributed by atoms with E-state index in [1.165, 1.54) is 25.0 Å². The normalized spacial score (nSPS) is 21.2. The Kier molecular flexibility index (Phi) is 6.16. The van der Waals surface area contributed by atoms with Crippen molar-refractivity contribution in [3.8, 4) is 11.3 Å². The van der Waals surface area contributed by atoms with Crippen molar-refractivity contribution in [1.29, 1.82) is 0 Å². The number of aromatic nitrogens is 3. The zero-order valence-electron chi connectivity index (χ0n) is 20.1. The van der Waals surface area contributed by atoms with Gasteiger partial charge in [0.15, 0.2) is 0 Å². The lowest BCUT2D eigenvalue weighted by molar-refractivity contribution is 0.385. The predicted molar refractivity (Wildman–Crippen MR) is 141 cm³/mol. The molecule has 3 N–H and O–H groups in total. The van der Waals surface area contributed by atoms with E-state index in [-0.39, 0.29) is 11.1 Å². The highest BCUT2D eigenvalue weighted by Gasteiger charge is 2.40. The molecule has 0 bridgehead atoms. The molecule has 0 radical (unpaired) electrons. The van der Waals surface area contributed by atoms with Gasteiger partial charge in [-0.25, -0.2) is 13.8 Å². The van der Waals surface area contributed by atoms with Crippen molar-refractivity contribution in [1.82, 2.24) is 20.3 Å². The molecule has 2 aliphatic rings. The molecule has 3 heterocycles. The third-order valence-electron chi connectivity index (χ3n) is 7.50. The van der Waals surface area contributed by atoms with Crippen molar-refractivity contribution in [3.63, 3.8) is 0 Å². The molecule has 6 rings (SSSR count). The zero-order chi connectivity index (χ0) is 25.6. The van der Waals surface area contributed by atoms with Crippen LogP contribution in [-0.4, -0.2) is 33.1 Å². The second kappa shape index (κ2) is 9.50. The number of nitrogens with zero attached hydrogens (tertiary/aromatic N) is 2. The maximum atomic E-state index is 13.6. The second-order valence-corrected chi connectivity index (χ2v) is 10.6. The van der Waals surface area contributed by atoms with Crippen LogP contribution in [-0.2, 0) is 6.42 Å². The number of benzene rings is 2. The van der Waals surface area contributed by atoms with Gasteiger partial charge in [-0.05, 0) is 74.5 Å². The van der Waals surface area contributed by atoms with E-state index in [2.05, 4.69) is 25.6 Å². The van der Waals surface area contributed by atoms with Gasteiger partial charge < -0.3 is 15.6 Å². The molecule has 1 saturated carbocycles. The molecule has 1 spiro atoms. The van der Waals surface area contributed by atoms with Crippen molar-refractivity contribution in [2.24, 2.45) is 0 Å². The van der Waals surface area contributed by atoms with E-state index in [1.807, 2.05) is 6.07 Å². The van der Waals surface area contributed by atoms with Gasteiger partial charge in [0.25, 0.3) is 5.56 Å². The first-order valence-electron chi connectivity index (χ1n) is 12.5. The summed E-state index contributed by atoms with van der Waals surface area (Å²) in [6, 6.07) is 10.6. The summed E-state index contributed by atoms with van der Waals surface area (Å²) in [6.07, 6.45) is 7.68. The Bertz CT molecular complexity index is 1510. The summed E-state index contributed by atoms with van der Waals surface area (Å²) in [5, 5.41) is 8.19. The molecular weight excluding hydrogens is 496 g/mol. The highest BCUT2D eigenvalue weighted by atomic mass is 35.5. The number of aromatic amines is 1. The van der Waals surface area contributed by atoms with Gasteiger partial charge in [0.05, 0.1) is 27.3 Å². The molecule has 0 amide bonds. The molecule has 6 nitrogen and oxygen atoms in total. The number of hydrogen-bond donors (Lipinski definition) is 3. The van der Waals surface area contributed by atoms with Crippen LogP contribution in [0.2, 0.25) is 5.02 Å². The third-order valence-corrected chi connectivity index (χ3v) is 7.81. The van der Waals surface area contributed by atoms with E-state index in [4.69, 9.17) is 11.6 Å². The summed E-state index contributed by atoms with van der Waals surface area (Å²) in [7, 11) is 0. The highest BCUT2D eigenvalue weighted by molar-refractivity contribution is 6.34. The fraction of sp³-hybridized carbons (Fsp3) is 0.321. The quantitative estimate of drug-likeness (QED) is 0.319. The molecule has 2 aromatic heterocycles. The van der Waals surface area contributed by atoms with Gasteiger partial charge >= 0.3 is 0 Å². The number of H-pyrrole nitrogens is 1. The first kappa shape index (κ1) is 24.0. The molecule has 1 aliphatic carbocycles. The SMILES string of the molecule is O=c1[nH]c(Cc2ccc(-c3cc(F)cc(F)c3)nc2)nc2cc(NC3CCC4(CCCN4)C3)c(Cl)cc12. The fourth-order valence-corrected chi connectivity index (χ4v) is 5.94.